The topological polar surface area (TPSA) is 50.6 Å². The van der Waals surface area contributed by atoms with Crippen LogP contribution in [0.15, 0.2) is 60.9 Å². The smallest absolute Gasteiger partial charge is 0.254 e. The molecule has 2 aliphatic rings. The molecule has 0 bridgehead atoms. The number of amides is 1. The number of alkyl halides is 1. The molecule has 154 valence electrons. The van der Waals surface area contributed by atoms with E-state index in [1.165, 1.54) is 0 Å². The number of ether oxygens (including phenoxy) is 1. The van der Waals surface area contributed by atoms with Crippen molar-refractivity contribution < 1.29 is 13.9 Å². The third-order valence-corrected chi connectivity index (χ3v) is 6.19. The Labute approximate surface area is 174 Å². The van der Waals surface area contributed by atoms with Crippen molar-refractivity contribution in [3.05, 3.63) is 72.2 Å². The lowest BCUT2D eigenvalue weighted by Crippen LogP contribution is -2.53. The van der Waals surface area contributed by atoms with Crippen molar-refractivity contribution in [3.8, 4) is 11.6 Å². The first-order chi connectivity index (χ1) is 14.7. The van der Waals surface area contributed by atoms with Crippen LogP contribution in [0.4, 0.5) is 10.1 Å². The Morgan fingerprint density at radius 3 is 2.97 bits per heavy atom. The highest BCUT2D eigenvalue weighted by molar-refractivity contribution is 5.95. The highest BCUT2D eigenvalue weighted by atomic mass is 19.1. The summed E-state index contributed by atoms with van der Waals surface area (Å²) in [6.07, 6.45) is 4.46. The third-order valence-electron chi connectivity index (χ3n) is 6.19. The Kier molecular flexibility index (Phi) is 4.46. The van der Waals surface area contributed by atoms with Gasteiger partial charge in [-0.15, -0.1) is 0 Å². The van der Waals surface area contributed by atoms with Crippen LogP contribution in [0, 0.1) is 0 Å². The highest BCUT2D eigenvalue weighted by Crippen LogP contribution is 2.47. The number of likely N-dealkylation sites (tertiary alicyclic amines) is 1. The monoisotopic (exact) mass is 406 g/mol. The van der Waals surface area contributed by atoms with E-state index in [0.717, 1.165) is 23.6 Å². The zero-order valence-corrected chi connectivity index (χ0v) is 16.8. The number of rotatable bonds is 4. The van der Waals surface area contributed by atoms with Crippen LogP contribution in [-0.2, 0) is 5.54 Å². The molecule has 0 saturated carbocycles. The molecule has 2 aliphatic heterocycles. The lowest BCUT2D eigenvalue weighted by Gasteiger charge is -2.46. The van der Waals surface area contributed by atoms with Gasteiger partial charge in [-0.3, -0.25) is 4.79 Å². The number of nitrogens with zero attached hydrogens (tertiary/aromatic N) is 4. The van der Waals surface area contributed by atoms with Crippen molar-refractivity contribution in [2.75, 3.05) is 38.3 Å². The molecular formula is C23H23FN4O2. The molecule has 1 fully saturated rings. The minimum absolute atomic E-state index is 0.0407. The third kappa shape index (κ3) is 2.69. The molecule has 7 heteroatoms. The predicted octanol–water partition coefficient (Wildman–Crippen LogP) is 3.41. The quantitative estimate of drug-likeness (QED) is 0.666. The number of pyridine rings is 1. The molecular weight excluding hydrogens is 383 g/mol. The van der Waals surface area contributed by atoms with E-state index >= 15 is 0 Å². The van der Waals surface area contributed by atoms with E-state index in [1.54, 1.807) is 25.4 Å². The van der Waals surface area contributed by atoms with Gasteiger partial charge in [-0.1, -0.05) is 6.07 Å². The number of hydrogen-bond donors (Lipinski definition) is 0. The molecule has 0 aliphatic carbocycles. The largest absolute Gasteiger partial charge is 0.497 e. The number of carbonyl (C=O) groups is 1. The summed E-state index contributed by atoms with van der Waals surface area (Å²) in [6.45, 7) is 0.868. The fraction of sp³-hybridized carbons (Fsp3) is 0.304. The summed E-state index contributed by atoms with van der Waals surface area (Å²) in [5.41, 5.74) is 2.05. The van der Waals surface area contributed by atoms with Gasteiger partial charge in [-0.25, -0.2) is 9.37 Å². The number of fused-ring (bicyclic) bond motifs is 4. The number of benzene rings is 1. The van der Waals surface area contributed by atoms with Gasteiger partial charge in [-0.05, 0) is 48.9 Å². The standard InChI is InChI=1S/C23H23FN4O2/c1-30-18-6-2-5-17(15-18)22(29)26-13-9-23(16-26)20-8-4-12-27(20)21-19(7-3-11-25-21)28(23)14-10-24/h2-8,11-12,15H,9-10,13-14,16H2,1H3/t23-/m1/s1. The van der Waals surface area contributed by atoms with Crippen LogP contribution in [-0.4, -0.2) is 53.8 Å². The van der Waals surface area contributed by atoms with Gasteiger partial charge >= 0.3 is 0 Å². The average Bonchev–Trinajstić information content (AvgIpc) is 3.45. The highest BCUT2D eigenvalue weighted by Gasteiger charge is 2.50. The normalized spacial score (nSPS) is 19.7. The van der Waals surface area contributed by atoms with Crippen LogP contribution in [0.5, 0.6) is 5.75 Å². The number of halogens is 1. The average molecular weight is 406 g/mol. The Morgan fingerprint density at radius 1 is 1.23 bits per heavy atom. The second-order valence-electron chi connectivity index (χ2n) is 7.69. The van der Waals surface area contributed by atoms with Crippen molar-refractivity contribution in [2.45, 2.75) is 12.0 Å². The first-order valence-electron chi connectivity index (χ1n) is 10.1. The van der Waals surface area contributed by atoms with E-state index in [0.29, 0.717) is 24.4 Å². The zero-order valence-electron chi connectivity index (χ0n) is 16.8. The molecule has 0 radical (unpaired) electrons. The fourth-order valence-electron chi connectivity index (χ4n) is 4.85. The molecule has 4 heterocycles. The summed E-state index contributed by atoms with van der Waals surface area (Å²) >= 11 is 0. The molecule has 1 amide bonds. The molecule has 3 aromatic rings. The molecule has 5 rings (SSSR count). The number of aromatic nitrogens is 2. The first kappa shape index (κ1) is 18.7. The van der Waals surface area contributed by atoms with Crippen molar-refractivity contribution in [3.63, 3.8) is 0 Å². The Balaban J connectivity index is 1.54. The second kappa shape index (κ2) is 7.16. The van der Waals surface area contributed by atoms with Crippen molar-refractivity contribution in [1.82, 2.24) is 14.5 Å². The molecule has 2 aromatic heterocycles. The van der Waals surface area contributed by atoms with Crippen LogP contribution >= 0.6 is 0 Å². The number of anilines is 1. The maximum Gasteiger partial charge on any atom is 0.254 e. The summed E-state index contributed by atoms with van der Waals surface area (Å²) in [6, 6.07) is 15.1. The van der Waals surface area contributed by atoms with Crippen molar-refractivity contribution in [2.24, 2.45) is 0 Å². The van der Waals surface area contributed by atoms with E-state index in [4.69, 9.17) is 4.74 Å². The Morgan fingerprint density at radius 2 is 2.13 bits per heavy atom. The summed E-state index contributed by atoms with van der Waals surface area (Å²) in [7, 11) is 1.59. The van der Waals surface area contributed by atoms with Crippen LogP contribution < -0.4 is 9.64 Å². The number of carbonyl (C=O) groups excluding carboxylic acids is 1. The molecule has 0 unspecified atom stereocenters. The number of methoxy groups -OCH3 is 1. The van der Waals surface area contributed by atoms with E-state index < -0.39 is 12.2 Å². The SMILES string of the molecule is COc1cccc(C(=O)N2CC[C@@]3(C2)c2cccn2-c2ncccc2N3CCF)c1. The lowest BCUT2D eigenvalue weighted by atomic mass is 9.89. The van der Waals surface area contributed by atoms with E-state index in [9.17, 15) is 9.18 Å². The Hall–Kier alpha value is -3.35. The Bertz CT molecular complexity index is 1100. The summed E-state index contributed by atoms with van der Waals surface area (Å²) in [5, 5.41) is 0. The van der Waals surface area contributed by atoms with Gasteiger partial charge in [0.05, 0.1) is 18.5 Å². The van der Waals surface area contributed by atoms with Crippen LogP contribution in [0.2, 0.25) is 0 Å². The van der Waals surface area contributed by atoms with Gasteiger partial charge in [-0.2, -0.15) is 0 Å². The maximum atomic E-state index is 13.7. The van der Waals surface area contributed by atoms with Crippen LogP contribution in [0.1, 0.15) is 22.5 Å². The van der Waals surface area contributed by atoms with Crippen LogP contribution in [0.25, 0.3) is 5.82 Å². The summed E-state index contributed by atoms with van der Waals surface area (Å²) < 4.78 is 21.0. The predicted molar refractivity (Wildman–Crippen MR) is 112 cm³/mol. The van der Waals surface area contributed by atoms with E-state index in [1.807, 2.05) is 41.4 Å². The van der Waals surface area contributed by atoms with Crippen LogP contribution in [0.3, 0.4) is 0 Å². The van der Waals surface area contributed by atoms with Gasteiger partial charge in [0, 0.05) is 37.6 Å². The van der Waals surface area contributed by atoms with Crippen molar-refractivity contribution in [1.29, 1.82) is 0 Å². The van der Waals surface area contributed by atoms with E-state index in [-0.39, 0.29) is 12.5 Å². The fourth-order valence-corrected chi connectivity index (χ4v) is 4.85. The van der Waals surface area contributed by atoms with Gasteiger partial charge in [0.15, 0.2) is 5.82 Å². The molecule has 30 heavy (non-hydrogen) atoms. The molecule has 1 aromatic carbocycles. The maximum absolute atomic E-state index is 13.7. The minimum Gasteiger partial charge on any atom is -0.497 e. The minimum atomic E-state index is -0.486. The van der Waals surface area contributed by atoms with E-state index in [2.05, 4.69) is 20.5 Å². The zero-order chi connectivity index (χ0) is 20.7. The molecule has 1 atom stereocenters. The van der Waals surface area contributed by atoms with Gasteiger partial charge < -0.3 is 19.1 Å². The first-order valence-corrected chi connectivity index (χ1v) is 10.1. The van der Waals surface area contributed by atoms with Gasteiger partial charge in [0.2, 0.25) is 0 Å². The summed E-state index contributed by atoms with van der Waals surface area (Å²) in [5.74, 6) is 1.41. The second-order valence-corrected chi connectivity index (χ2v) is 7.69. The van der Waals surface area contributed by atoms with Crippen molar-refractivity contribution >= 4 is 11.6 Å². The molecule has 1 spiro atoms. The lowest BCUT2D eigenvalue weighted by molar-refractivity contribution is 0.0781. The molecule has 0 N–H and O–H groups in total. The molecule has 1 saturated heterocycles. The molecule has 6 nitrogen and oxygen atoms in total. The van der Waals surface area contributed by atoms with Gasteiger partial charge in [0.1, 0.15) is 18.0 Å². The number of hydrogen-bond acceptors (Lipinski definition) is 4. The van der Waals surface area contributed by atoms with Gasteiger partial charge in [0.25, 0.3) is 5.91 Å². The summed E-state index contributed by atoms with van der Waals surface area (Å²) in [4.78, 5) is 21.8.